The molecule has 184 valence electrons. The molecule has 0 saturated carbocycles. The van der Waals surface area contributed by atoms with Crippen LogP contribution in [0.3, 0.4) is 0 Å². The summed E-state index contributed by atoms with van der Waals surface area (Å²) < 4.78 is 69.5. The maximum atomic E-state index is 13.3. The van der Waals surface area contributed by atoms with Gasteiger partial charge in [-0.3, -0.25) is 4.79 Å². The van der Waals surface area contributed by atoms with Crippen LogP contribution in [0.2, 0.25) is 0 Å². The molecule has 1 aromatic carbocycles. The number of aryl methyl sites for hydroxylation is 1. The van der Waals surface area contributed by atoms with Crippen molar-refractivity contribution in [2.45, 2.75) is 42.9 Å². The van der Waals surface area contributed by atoms with Crippen LogP contribution in [0.4, 0.5) is 19.0 Å². The number of nitrogens with zero attached hydrogens (tertiary/aromatic N) is 2. The zero-order chi connectivity index (χ0) is 24.5. The van der Waals surface area contributed by atoms with Crippen molar-refractivity contribution >= 4 is 32.7 Å². The first-order chi connectivity index (χ1) is 16.0. The van der Waals surface area contributed by atoms with Gasteiger partial charge in [-0.2, -0.15) is 17.9 Å². The van der Waals surface area contributed by atoms with Gasteiger partial charge in [0.05, 0.1) is 10.8 Å². The fourth-order valence-corrected chi connectivity index (χ4v) is 5.48. The van der Waals surface area contributed by atoms with Gasteiger partial charge in [0.15, 0.2) is 0 Å². The number of sulfonamides is 1. The van der Waals surface area contributed by atoms with Crippen molar-refractivity contribution in [2.24, 2.45) is 5.92 Å². The van der Waals surface area contributed by atoms with Crippen LogP contribution < -0.4 is 10.5 Å². The molecule has 34 heavy (non-hydrogen) atoms. The van der Waals surface area contributed by atoms with Gasteiger partial charge in [0.25, 0.3) is 0 Å². The maximum Gasteiger partial charge on any atom is 0.391 e. The van der Waals surface area contributed by atoms with Gasteiger partial charge in [-0.05, 0) is 55.0 Å². The minimum atomic E-state index is -4.31. The Morgan fingerprint density at radius 1 is 1.21 bits per heavy atom. The molecule has 0 radical (unpaired) electrons. The number of anilines is 1. The lowest BCUT2D eigenvalue weighted by molar-refractivity contribution is -0.186. The molecule has 4 N–H and O–H groups in total. The van der Waals surface area contributed by atoms with E-state index in [1.54, 1.807) is 41.2 Å². The van der Waals surface area contributed by atoms with Crippen LogP contribution in [-0.4, -0.2) is 54.1 Å². The van der Waals surface area contributed by atoms with E-state index >= 15 is 0 Å². The number of nitrogen functional groups attached to an aromatic ring is 1. The average Bonchev–Trinajstić information content (AvgIpc) is 3.43. The Morgan fingerprint density at radius 3 is 2.59 bits per heavy atom. The Kier molecular flexibility index (Phi) is 6.63. The molecule has 1 aliphatic rings. The second-order valence-corrected chi connectivity index (χ2v) is 10.2. The predicted octanol–water partition coefficient (Wildman–Crippen LogP) is 3.09. The number of rotatable bonds is 7. The molecule has 0 aliphatic carbocycles. The van der Waals surface area contributed by atoms with Crippen molar-refractivity contribution in [3.8, 4) is 0 Å². The van der Waals surface area contributed by atoms with E-state index < -0.39 is 34.1 Å². The molecule has 1 fully saturated rings. The molecule has 3 heterocycles. The van der Waals surface area contributed by atoms with E-state index in [0.717, 1.165) is 5.39 Å². The number of aromatic amines is 1. The summed E-state index contributed by atoms with van der Waals surface area (Å²) in [4.78, 5) is 17.5. The number of benzene rings is 1. The molecular weight excluding hydrogens is 471 g/mol. The minimum Gasteiger partial charge on any atom is -0.385 e. The van der Waals surface area contributed by atoms with Gasteiger partial charge in [-0.1, -0.05) is 6.07 Å². The molecule has 1 aliphatic heterocycles. The third kappa shape index (κ3) is 5.22. The number of carbonyl (C=O) groups is 1. The first-order valence-corrected chi connectivity index (χ1v) is 12.4. The Morgan fingerprint density at radius 2 is 1.94 bits per heavy atom. The van der Waals surface area contributed by atoms with Crippen molar-refractivity contribution in [3.63, 3.8) is 0 Å². The molecule has 1 atom stereocenters. The molecule has 0 spiro atoms. The Hall–Kier alpha value is -2.99. The van der Waals surface area contributed by atoms with Crippen LogP contribution >= 0.6 is 0 Å². The SMILES string of the molecule is Nc1cccn1CCC(NS(=O)(=O)c1ccc2cc[nH]c2c1)C(=O)N1CCC(C(F)(F)F)CC1. The van der Waals surface area contributed by atoms with E-state index in [1.807, 2.05) is 0 Å². The highest BCUT2D eigenvalue weighted by molar-refractivity contribution is 7.89. The number of hydrogen-bond acceptors (Lipinski definition) is 4. The number of fused-ring (bicyclic) bond motifs is 1. The summed E-state index contributed by atoms with van der Waals surface area (Å²) in [6.07, 6.45) is -1.24. The van der Waals surface area contributed by atoms with Crippen LogP contribution in [0.25, 0.3) is 10.9 Å². The number of likely N-dealkylation sites (tertiary alicyclic amines) is 1. The van der Waals surface area contributed by atoms with Crippen molar-refractivity contribution in [1.82, 2.24) is 19.2 Å². The molecule has 8 nitrogen and oxygen atoms in total. The standard InChI is InChI=1S/C22H26F3N5O3S/c23-22(24,25)16-6-11-30(12-7-16)21(31)18(8-13-29-10-1-2-20(29)26)28-34(32,33)17-4-3-15-5-9-27-19(15)14-17/h1-5,9-10,14,16,18,27-28H,6-8,11-13,26H2. The quantitative estimate of drug-likeness (QED) is 0.466. The fraction of sp³-hybridized carbons (Fsp3) is 0.409. The smallest absolute Gasteiger partial charge is 0.385 e. The molecular formula is C22H26F3N5O3S. The van der Waals surface area contributed by atoms with Gasteiger partial charge in [0.2, 0.25) is 15.9 Å². The Labute approximate surface area is 195 Å². The molecule has 1 amide bonds. The van der Waals surface area contributed by atoms with Crippen molar-refractivity contribution in [2.75, 3.05) is 18.8 Å². The average molecular weight is 498 g/mol. The van der Waals surface area contributed by atoms with E-state index in [2.05, 4.69) is 9.71 Å². The van der Waals surface area contributed by atoms with Gasteiger partial charge >= 0.3 is 6.18 Å². The largest absolute Gasteiger partial charge is 0.391 e. The normalized spacial score (nSPS) is 16.7. The lowest BCUT2D eigenvalue weighted by atomic mass is 9.95. The van der Waals surface area contributed by atoms with Gasteiger partial charge < -0.3 is 20.2 Å². The van der Waals surface area contributed by atoms with E-state index in [1.165, 1.54) is 17.0 Å². The highest BCUT2D eigenvalue weighted by Gasteiger charge is 2.42. The highest BCUT2D eigenvalue weighted by atomic mass is 32.2. The Bertz CT molecular complexity index is 1260. The van der Waals surface area contributed by atoms with E-state index in [9.17, 15) is 26.4 Å². The first-order valence-electron chi connectivity index (χ1n) is 10.9. The molecule has 1 unspecified atom stereocenters. The van der Waals surface area contributed by atoms with Crippen LogP contribution in [0.1, 0.15) is 19.3 Å². The lowest BCUT2D eigenvalue weighted by Crippen LogP contribution is -2.51. The fourth-order valence-electron chi connectivity index (χ4n) is 4.23. The number of alkyl halides is 3. The third-order valence-electron chi connectivity index (χ3n) is 6.23. The van der Waals surface area contributed by atoms with E-state index in [0.29, 0.717) is 11.3 Å². The first kappa shape index (κ1) is 24.1. The Balaban J connectivity index is 1.53. The summed E-state index contributed by atoms with van der Waals surface area (Å²) in [5.74, 6) is -1.55. The number of H-pyrrole nitrogens is 1. The zero-order valence-electron chi connectivity index (χ0n) is 18.3. The maximum absolute atomic E-state index is 13.3. The minimum absolute atomic E-state index is 0.0171. The summed E-state index contributed by atoms with van der Waals surface area (Å²) in [7, 11) is -4.09. The number of aromatic nitrogens is 2. The molecule has 4 rings (SSSR count). The summed E-state index contributed by atoms with van der Waals surface area (Å²) in [5, 5.41) is 0.835. The van der Waals surface area contributed by atoms with Crippen molar-refractivity contribution in [1.29, 1.82) is 0 Å². The number of amides is 1. The van der Waals surface area contributed by atoms with Crippen LogP contribution in [0.15, 0.2) is 53.7 Å². The summed E-state index contributed by atoms with van der Waals surface area (Å²) in [6, 6.07) is 8.61. The monoisotopic (exact) mass is 497 g/mol. The van der Waals surface area contributed by atoms with Crippen LogP contribution in [0, 0.1) is 5.92 Å². The third-order valence-corrected chi connectivity index (χ3v) is 7.69. The van der Waals surface area contributed by atoms with E-state index in [-0.39, 0.29) is 43.8 Å². The van der Waals surface area contributed by atoms with Crippen LogP contribution in [-0.2, 0) is 21.4 Å². The number of piperidine rings is 1. The number of carbonyl (C=O) groups excluding carboxylic acids is 1. The number of hydrogen-bond donors (Lipinski definition) is 3. The topological polar surface area (TPSA) is 113 Å². The van der Waals surface area contributed by atoms with Crippen LogP contribution in [0.5, 0.6) is 0 Å². The number of halogens is 3. The summed E-state index contributed by atoms with van der Waals surface area (Å²) >= 11 is 0. The van der Waals surface area contributed by atoms with Gasteiger partial charge in [-0.15, -0.1) is 0 Å². The van der Waals surface area contributed by atoms with Gasteiger partial charge in [0, 0.05) is 37.5 Å². The van der Waals surface area contributed by atoms with E-state index in [4.69, 9.17) is 5.73 Å². The molecule has 1 saturated heterocycles. The summed E-state index contributed by atoms with van der Waals surface area (Å²) in [6.45, 7) is 0.0924. The summed E-state index contributed by atoms with van der Waals surface area (Å²) in [5.41, 5.74) is 6.51. The second-order valence-electron chi connectivity index (χ2n) is 8.46. The zero-order valence-corrected chi connectivity index (χ0v) is 19.1. The highest BCUT2D eigenvalue weighted by Crippen LogP contribution is 2.34. The molecule has 3 aromatic rings. The lowest BCUT2D eigenvalue weighted by Gasteiger charge is -2.35. The van der Waals surface area contributed by atoms with Crippen molar-refractivity contribution in [3.05, 3.63) is 48.8 Å². The molecule has 12 heteroatoms. The number of nitrogens with one attached hydrogen (secondary N) is 2. The molecule has 2 aromatic heterocycles. The number of nitrogens with two attached hydrogens (primary N) is 1. The van der Waals surface area contributed by atoms with Crippen molar-refractivity contribution < 1.29 is 26.4 Å². The van der Waals surface area contributed by atoms with Gasteiger partial charge in [0.1, 0.15) is 11.9 Å². The van der Waals surface area contributed by atoms with Gasteiger partial charge in [-0.25, -0.2) is 8.42 Å². The predicted molar refractivity (Wildman–Crippen MR) is 121 cm³/mol. The second kappa shape index (κ2) is 9.34. The molecule has 0 bridgehead atoms.